The van der Waals surface area contributed by atoms with Gasteiger partial charge in [-0.25, -0.2) is 0 Å². The minimum atomic E-state index is -0.228. The molecule has 1 aromatic rings. The van der Waals surface area contributed by atoms with Gasteiger partial charge in [-0.2, -0.15) is 0 Å². The molecular formula is C15H20BrN3O2. The first-order valence-electron chi connectivity index (χ1n) is 7.09. The number of nitrogens with zero attached hydrogens (tertiary/aromatic N) is 1. The molecule has 2 amide bonds. The summed E-state index contributed by atoms with van der Waals surface area (Å²) in [6, 6.07) is 7.35. The van der Waals surface area contributed by atoms with Crippen LogP contribution in [0.2, 0.25) is 0 Å². The number of rotatable bonds is 5. The van der Waals surface area contributed by atoms with Gasteiger partial charge in [0.05, 0.1) is 6.54 Å². The molecule has 1 saturated heterocycles. The lowest BCUT2D eigenvalue weighted by Gasteiger charge is -2.24. The Labute approximate surface area is 133 Å². The molecule has 2 rings (SSSR count). The smallest absolute Gasteiger partial charge is 0.251 e. The van der Waals surface area contributed by atoms with Crippen molar-refractivity contribution in [2.75, 3.05) is 26.7 Å². The SMILES string of the molecule is CNCC1CCCN1C(=O)CNC(=O)c1cccc(Br)c1. The second kappa shape index (κ2) is 7.56. The summed E-state index contributed by atoms with van der Waals surface area (Å²) in [6.07, 6.45) is 2.05. The molecular weight excluding hydrogens is 334 g/mol. The number of benzene rings is 1. The summed E-state index contributed by atoms with van der Waals surface area (Å²) in [6.45, 7) is 1.62. The van der Waals surface area contributed by atoms with E-state index in [9.17, 15) is 9.59 Å². The van der Waals surface area contributed by atoms with Crippen LogP contribution in [0.1, 0.15) is 23.2 Å². The molecule has 0 aliphatic carbocycles. The zero-order valence-corrected chi connectivity index (χ0v) is 13.6. The average molecular weight is 354 g/mol. The number of carbonyl (C=O) groups is 2. The van der Waals surface area contributed by atoms with Gasteiger partial charge in [0.15, 0.2) is 0 Å². The maximum absolute atomic E-state index is 12.2. The molecule has 1 fully saturated rings. The van der Waals surface area contributed by atoms with E-state index in [-0.39, 0.29) is 24.4 Å². The summed E-state index contributed by atoms with van der Waals surface area (Å²) in [5, 5.41) is 5.80. The Morgan fingerprint density at radius 1 is 1.43 bits per heavy atom. The van der Waals surface area contributed by atoms with E-state index in [1.807, 2.05) is 18.0 Å². The van der Waals surface area contributed by atoms with Gasteiger partial charge in [-0.1, -0.05) is 22.0 Å². The normalized spacial score (nSPS) is 17.8. The molecule has 6 heteroatoms. The van der Waals surface area contributed by atoms with Crippen molar-refractivity contribution in [3.8, 4) is 0 Å². The molecule has 5 nitrogen and oxygen atoms in total. The van der Waals surface area contributed by atoms with Crippen molar-refractivity contribution in [3.63, 3.8) is 0 Å². The summed E-state index contributed by atoms with van der Waals surface area (Å²) >= 11 is 3.33. The lowest BCUT2D eigenvalue weighted by atomic mass is 10.2. The Bertz CT molecular complexity index is 521. The van der Waals surface area contributed by atoms with Gasteiger partial charge >= 0.3 is 0 Å². The predicted molar refractivity (Wildman–Crippen MR) is 85.1 cm³/mol. The number of hydrogen-bond donors (Lipinski definition) is 2. The number of halogens is 1. The number of likely N-dealkylation sites (N-methyl/N-ethyl adjacent to an activating group) is 1. The van der Waals surface area contributed by atoms with Crippen molar-refractivity contribution >= 4 is 27.7 Å². The van der Waals surface area contributed by atoms with Gasteiger partial charge in [0.1, 0.15) is 0 Å². The van der Waals surface area contributed by atoms with Gasteiger partial charge in [-0.3, -0.25) is 9.59 Å². The molecule has 0 radical (unpaired) electrons. The maximum atomic E-state index is 12.2. The van der Waals surface area contributed by atoms with E-state index in [1.54, 1.807) is 18.2 Å². The molecule has 0 spiro atoms. The summed E-state index contributed by atoms with van der Waals surface area (Å²) in [4.78, 5) is 26.1. The van der Waals surface area contributed by atoms with Gasteiger partial charge in [0, 0.05) is 29.2 Å². The Kier molecular flexibility index (Phi) is 5.76. The highest BCUT2D eigenvalue weighted by Crippen LogP contribution is 2.16. The van der Waals surface area contributed by atoms with E-state index in [2.05, 4.69) is 26.6 Å². The molecule has 21 heavy (non-hydrogen) atoms. The topological polar surface area (TPSA) is 61.4 Å². The molecule has 1 heterocycles. The standard InChI is InChI=1S/C15H20BrN3O2/c1-17-9-13-6-3-7-19(13)14(20)10-18-15(21)11-4-2-5-12(16)8-11/h2,4-5,8,13,17H,3,6-7,9-10H2,1H3,(H,18,21). The Hall–Kier alpha value is -1.40. The molecule has 1 aliphatic rings. The van der Waals surface area contributed by atoms with Gasteiger partial charge in [0.2, 0.25) is 5.91 Å². The Balaban J connectivity index is 1.87. The van der Waals surface area contributed by atoms with Crippen LogP contribution in [-0.4, -0.2) is 49.4 Å². The molecule has 114 valence electrons. The largest absolute Gasteiger partial charge is 0.343 e. The van der Waals surface area contributed by atoms with Crippen LogP contribution in [0.5, 0.6) is 0 Å². The molecule has 0 saturated carbocycles. The Morgan fingerprint density at radius 3 is 2.95 bits per heavy atom. The summed E-state index contributed by atoms with van der Waals surface area (Å²) in [5.74, 6) is -0.245. The van der Waals surface area contributed by atoms with Crippen LogP contribution < -0.4 is 10.6 Å². The first-order valence-corrected chi connectivity index (χ1v) is 7.89. The van der Waals surface area contributed by atoms with Crippen molar-refractivity contribution in [1.29, 1.82) is 0 Å². The Morgan fingerprint density at radius 2 is 2.24 bits per heavy atom. The molecule has 0 bridgehead atoms. The number of likely N-dealkylation sites (tertiary alicyclic amines) is 1. The lowest BCUT2D eigenvalue weighted by molar-refractivity contribution is -0.130. The minimum absolute atomic E-state index is 0.0175. The average Bonchev–Trinajstić information content (AvgIpc) is 2.93. The van der Waals surface area contributed by atoms with Crippen LogP contribution in [0.15, 0.2) is 28.7 Å². The van der Waals surface area contributed by atoms with Crippen LogP contribution in [-0.2, 0) is 4.79 Å². The van der Waals surface area contributed by atoms with Crippen LogP contribution in [0, 0.1) is 0 Å². The monoisotopic (exact) mass is 353 g/mol. The van der Waals surface area contributed by atoms with Crippen LogP contribution >= 0.6 is 15.9 Å². The van der Waals surface area contributed by atoms with E-state index in [1.165, 1.54) is 0 Å². The summed E-state index contributed by atoms with van der Waals surface area (Å²) < 4.78 is 0.843. The highest BCUT2D eigenvalue weighted by Gasteiger charge is 2.27. The number of amides is 2. The van der Waals surface area contributed by atoms with E-state index in [0.29, 0.717) is 5.56 Å². The zero-order valence-electron chi connectivity index (χ0n) is 12.1. The third-order valence-corrected chi connectivity index (χ3v) is 4.12. The fraction of sp³-hybridized carbons (Fsp3) is 0.467. The van der Waals surface area contributed by atoms with Gasteiger partial charge in [-0.05, 0) is 38.1 Å². The second-order valence-electron chi connectivity index (χ2n) is 5.13. The van der Waals surface area contributed by atoms with Crippen molar-refractivity contribution in [1.82, 2.24) is 15.5 Å². The summed E-state index contributed by atoms with van der Waals surface area (Å²) in [5.41, 5.74) is 0.547. The maximum Gasteiger partial charge on any atom is 0.251 e. The van der Waals surface area contributed by atoms with Gasteiger partial charge in [0.25, 0.3) is 5.91 Å². The van der Waals surface area contributed by atoms with Crippen molar-refractivity contribution in [2.24, 2.45) is 0 Å². The number of nitrogens with one attached hydrogen (secondary N) is 2. The highest BCUT2D eigenvalue weighted by molar-refractivity contribution is 9.10. The first-order chi connectivity index (χ1) is 10.1. The van der Waals surface area contributed by atoms with E-state index >= 15 is 0 Å². The highest BCUT2D eigenvalue weighted by atomic mass is 79.9. The van der Waals surface area contributed by atoms with Gasteiger partial charge in [-0.15, -0.1) is 0 Å². The third kappa shape index (κ3) is 4.28. The zero-order chi connectivity index (χ0) is 15.2. The second-order valence-corrected chi connectivity index (χ2v) is 6.05. The predicted octanol–water partition coefficient (Wildman–Crippen LogP) is 1.39. The number of hydrogen-bond acceptors (Lipinski definition) is 3. The molecule has 1 aromatic carbocycles. The van der Waals surface area contributed by atoms with Crippen molar-refractivity contribution in [3.05, 3.63) is 34.3 Å². The van der Waals surface area contributed by atoms with Crippen molar-refractivity contribution < 1.29 is 9.59 Å². The van der Waals surface area contributed by atoms with Crippen LogP contribution in [0.3, 0.4) is 0 Å². The van der Waals surface area contributed by atoms with E-state index in [4.69, 9.17) is 0 Å². The van der Waals surface area contributed by atoms with Gasteiger partial charge < -0.3 is 15.5 Å². The minimum Gasteiger partial charge on any atom is -0.343 e. The van der Waals surface area contributed by atoms with Crippen LogP contribution in [0.25, 0.3) is 0 Å². The van der Waals surface area contributed by atoms with Crippen molar-refractivity contribution in [2.45, 2.75) is 18.9 Å². The fourth-order valence-corrected chi connectivity index (χ4v) is 3.00. The molecule has 2 N–H and O–H groups in total. The number of carbonyl (C=O) groups excluding carboxylic acids is 2. The summed E-state index contributed by atoms with van der Waals surface area (Å²) in [7, 11) is 1.88. The molecule has 0 aromatic heterocycles. The quantitative estimate of drug-likeness (QED) is 0.840. The fourth-order valence-electron chi connectivity index (χ4n) is 2.60. The molecule has 1 unspecified atom stereocenters. The van der Waals surface area contributed by atoms with Crippen LogP contribution in [0.4, 0.5) is 0 Å². The van der Waals surface area contributed by atoms with E-state index in [0.717, 1.165) is 30.4 Å². The van der Waals surface area contributed by atoms with E-state index < -0.39 is 0 Å². The first kappa shape index (κ1) is 16.0. The lowest BCUT2D eigenvalue weighted by Crippen LogP contribution is -2.45. The molecule has 1 atom stereocenters. The third-order valence-electron chi connectivity index (χ3n) is 3.62. The molecule has 1 aliphatic heterocycles.